The summed E-state index contributed by atoms with van der Waals surface area (Å²) in [5.74, 6) is 2.23. The molecule has 6 heterocycles. The topological polar surface area (TPSA) is 220 Å². The van der Waals surface area contributed by atoms with E-state index < -0.39 is 16.9 Å². The van der Waals surface area contributed by atoms with Crippen molar-refractivity contribution in [2.24, 2.45) is 5.92 Å². The van der Waals surface area contributed by atoms with Crippen LogP contribution < -0.4 is 32.9 Å². The largest absolute Gasteiger partial charge is 0.393 e. The zero-order valence-electron chi connectivity index (χ0n) is 34.5. The summed E-state index contributed by atoms with van der Waals surface area (Å²) in [7, 11) is 0. The number of hydrogen-bond donors (Lipinski definition) is 4. The zero-order valence-corrected chi connectivity index (χ0v) is 35.3. The Morgan fingerprint density at radius 3 is 2.36 bits per heavy atom. The van der Waals surface area contributed by atoms with Gasteiger partial charge in [-0.1, -0.05) is 36.3 Å². The number of hydrogen-bond acceptors (Lipinski definition) is 13. The molecule has 1 amide bonds. The number of pyridine rings is 2. The van der Waals surface area contributed by atoms with Crippen LogP contribution in [-0.4, -0.2) is 69.7 Å². The first-order chi connectivity index (χ1) is 29.4. The number of nitrogens with zero attached hydrogens (tertiary/aromatic N) is 6. The molecule has 2 aliphatic heterocycles. The van der Waals surface area contributed by atoms with E-state index in [1.54, 1.807) is 30.7 Å². The summed E-state index contributed by atoms with van der Waals surface area (Å²) in [6, 6.07) is 13.1. The predicted molar refractivity (Wildman–Crippen MR) is 235 cm³/mol. The van der Waals surface area contributed by atoms with Crippen molar-refractivity contribution in [3.8, 4) is 0 Å². The molecule has 0 unspecified atom stereocenters. The van der Waals surface area contributed by atoms with Crippen LogP contribution in [0.5, 0.6) is 0 Å². The fourth-order valence-corrected chi connectivity index (χ4v) is 8.56. The highest BCUT2D eigenvalue weighted by molar-refractivity contribution is 8.00. The number of H-pyrrole nitrogens is 1. The number of nitrogens with two attached hydrogens (primary N) is 1. The number of amides is 1. The van der Waals surface area contributed by atoms with Gasteiger partial charge in [-0.2, -0.15) is 4.98 Å². The number of benzene rings is 1. The van der Waals surface area contributed by atoms with Gasteiger partial charge in [0.05, 0.1) is 17.9 Å². The maximum Gasteiger partial charge on any atom is 0.351 e. The summed E-state index contributed by atoms with van der Waals surface area (Å²) in [5.41, 5.74) is 9.19. The van der Waals surface area contributed by atoms with Gasteiger partial charge in [-0.15, -0.1) is 11.8 Å². The van der Waals surface area contributed by atoms with Crippen LogP contribution in [0.1, 0.15) is 87.5 Å². The SMILES string of the molecule is CCc1c(C(=O)c2cc(C)cc(C)c2)n(CC2CC=CC2)c(=O)[nH]c1=O.Cc1ccnc2c1NC(=O)c1cccnc1N2C1CC1.Nc1ccn([C@H]2CS[C@H](CO)O2)c(=O)n1. The Balaban J connectivity index is 0.000000143. The van der Waals surface area contributed by atoms with E-state index in [1.165, 1.54) is 20.9 Å². The number of aliphatic hydroxyl groups excluding tert-OH is 1. The van der Waals surface area contributed by atoms with Crippen molar-refractivity contribution >= 4 is 46.6 Å². The van der Waals surface area contributed by atoms with E-state index >= 15 is 0 Å². The molecule has 2 fully saturated rings. The molecule has 61 heavy (non-hydrogen) atoms. The maximum atomic E-state index is 13.3. The third-order valence-corrected chi connectivity index (χ3v) is 11.8. The van der Waals surface area contributed by atoms with Crippen molar-refractivity contribution in [2.45, 2.75) is 84.0 Å². The minimum absolute atomic E-state index is 0.0572. The molecule has 0 radical (unpaired) electrons. The molecule has 9 rings (SSSR count). The Kier molecular flexibility index (Phi) is 13.1. The van der Waals surface area contributed by atoms with E-state index in [0.717, 1.165) is 53.9 Å². The lowest BCUT2D eigenvalue weighted by Gasteiger charge is -2.23. The molecule has 0 spiro atoms. The van der Waals surface area contributed by atoms with Gasteiger partial charge in [0.2, 0.25) is 5.78 Å². The number of ether oxygens (including phenoxy) is 1. The van der Waals surface area contributed by atoms with E-state index in [9.17, 15) is 24.0 Å². The van der Waals surface area contributed by atoms with Gasteiger partial charge in [-0.05, 0) is 101 Å². The molecule has 4 aromatic heterocycles. The molecule has 16 nitrogen and oxygen atoms in total. The first-order valence-corrected chi connectivity index (χ1v) is 21.3. The van der Waals surface area contributed by atoms with Crippen molar-refractivity contribution in [2.75, 3.05) is 28.3 Å². The lowest BCUT2D eigenvalue weighted by atomic mass is 9.98. The maximum absolute atomic E-state index is 13.3. The number of nitrogen functional groups attached to an aromatic ring is 1. The number of allylic oxidation sites excluding steroid dienone is 2. The average Bonchev–Trinajstić information content (AvgIpc) is 3.74. The molecule has 318 valence electrons. The van der Waals surface area contributed by atoms with Gasteiger partial charge in [0.25, 0.3) is 11.5 Å². The highest BCUT2D eigenvalue weighted by Gasteiger charge is 2.38. The van der Waals surface area contributed by atoms with Gasteiger partial charge >= 0.3 is 11.4 Å². The van der Waals surface area contributed by atoms with Crippen molar-refractivity contribution < 1.29 is 19.4 Å². The summed E-state index contributed by atoms with van der Waals surface area (Å²) >= 11 is 1.47. The smallest absolute Gasteiger partial charge is 0.351 e. The van der Waals surface area contributed by atoms with Crippen LogP contribution in [0.3, 0.4) is 0 Å². The van der Waals surface area contributed by atoms with Gasteiger partial charge in [0, 0.05) is 48.1 Å². The zero-order chi connectivity index (χ0) is 43.4. The van der Waals surface area contributed by atoms with Crippen molar-refractivity contribution in [3.63, 3.8) is 0 Å². The monoisotopic (exact) mass is 847 g/mol. The fourth-order valence-electron chi connectivity index (χ4n) is 7.63. The molecule has 4 aliphatic rings. The summed E-state index contributed by atoms with van der Waals surface area (Å²) in [6.07, 6.45) is 13.2. The number of anilines is 4. The van der Waals surface area contributed by atoms with Gasteiger partial charge in [0.1, 0.15) is 29.0 Å². The number of fused-ring (bicyclic) bond motifs is 2. The standard InChI is InChI=1S/C21H24N2O3.C15H14N4O.C8H11N3O3S/c1-4-17-18(19(24)16-10-13(2)9-14(3)11-16)23(21(26)22-20(17)25)12-15-7-5-6-8-15;1-9-6-8-17-14-12(9)18-15(20)11-3-2-7-16-13(11)19(14)10-4-5-10;9-5-1-2-11(8(13)10-5)6-4-15-7(3-12)14-6/h5-6,9-11,15H,4,7-8,12H2,1-3H3,(H,22,25,26);2-3,6-8,10H,4-5H2,1H3,(H,18,20);1-2,6-7,12H,3-4H2,(H2,9,10,13)/t;;6-,7-/m..1/s1. The third-order valence-electron chi connectivity index (χ3n) is 10.7. The Morgan fingerprint density at radius 1 is 0.984 bits per heavy atom. The molecule has 1 saturated heterocycles. The van der Waals surface area contributed by atoms with Crippen LogP contribution in [0.25, 0.3) is 0 Å². The number of nitrogens with one attached hydrogen (secondary N) is 2. The van der Waals surface area contributed by atoms with E-state index in [-0.39, 0.29) is 47.4 Å². The second kappa shape index (κ2) is 18.6. The summed E-state index contributed by atoms with van der Waals surface area (Å²) < 4.78 is 8.26. The second-order valence-corrected chi connectivity index (χ2v) is 16.6. The van der Waals surface area contributed by atoms with E-state index in [0.29, 0.717) is 47.3 Å². The Hall–Kier alpha value is -6.17. The highest BCUT2D eigenvalue weighted by Crippen LogP contribution is 2.43. The van der Waals surface area contributed by atoms with Gasteiger partial charge < -0.3 is 25.8 Å². The first kappa shape index (κ1) is 42.9. The summed E-state index contributed by atoms with van der Waals surface area (Å²) in [4.78, 5) is 79.0. The number of rotatable bonds is 8. The molecule has 1 saturated carbocycles. The molecular weight excluding hydrogens is 799 g/mol. The van der Waals surface area contributed by atoms with Crippen molar-refractivity contribution in [1.29, 1.82) is 0 Å². The van der Waals surface area contributed by atoms with E-state index in [2.05, 4.69) is 42.3 Å². The predicted octanol–water partition coefficient (Wildman–Crippen LogP) is 4.97. The Labute approximate surface area is 355 Å². The molecule has 0 bridgehead atoms. The number of aromatic nitrogens is 6. The number of thioether (sulfide) groups is 1. The van der Waals surface area contributed by atoms with E-state index in [4.69, 9.17) is 15.6 Å². The van der Waals surface area contributed by atoms with Gasteiger partial charge in [-0.3, -0.25) is 28.5 Å². The number of aromatic amines is 1. The number of carbonyl (C=O) groups is 2. The third kappa shape index (κ3) is 9.58. The quantitative estimate of drug-likeness (QED) is 0.120. The van der Waals surface area contributed by atoms with Crippen LogP contribution in [0.4, 0.5) is 23.1 Å². The van der Waals surface area contributed by atoms with Gasteiger partial charge in [-0.25, -0.2) is 19.6 Å². The van der Waals surface area contributed by atoms with Crippen LogP contribution >= 0.6 is 11.8 Å². The molecule has 2 aliphatic carbocycles. The number of carbonyl (C=O) groups excluding carboxylic acids is 2. The summed E-state index contributed by atoms with van der Waals surface area (Å²) in [6.45, 7) is 8.04. The number of aryl methyl sites for hydroxylation is 3. The normalized spacial score (nSPS) is 17.9. The number of ketones is 1. The lowest BCUT2D eigenvalue weighted by molar-refractivity contribution is -0.00629. The number of aliphatic hydroxyl groups is 1. The minimum atomic E-state index is -0.508. The molecule has 5 N–H and O–H groups in total. The average molecular weight is 848 g/mol. The Bertz CT molecular complexity index is 2640. The van der Waals surface area contributed by atoms with Crippen LogP contribution in [-0.2, 0) is 17.7 Å². The molecule has 2 atom stereocenters. The lowest BCUT2D eigenvalue weighted by Crippen LogP contribution is -2.38. The molecule has 1 aromatic carbocycles. The van der Waals surface area contributed by atoms with Gasteiger partial charge in [0.15, 0.2) is 5.82 Å². The molecule has 17 heteroatoms. The minimum Gasteiger partial charge on any atom is -0.393 e. The first-order valence-electron chi connectivity index (χ1n) is 20.2. The van der Waals surface area contributed by atoms with Crippen molar-refractivity contribution in [3.05, 3.63) is 144 Å². The summed E-state index contributed by atoms with van der Waals surface area (Å²) in [5, 5.41) is 11.9. The van der Waals surface area contributed by atoms with Crippen LogP contribution in [0.2, 0.25) is 0 Å². The molecular formula is C44H49N9O7S. The van der Waals surface area contributed by atoms with Crippen LogP contribution in [0, 0.1) is 26.7 Å². The second-order valence-electron chi connectivity index (χ2n) is 15.4. The fraction of sp³-hybridized carbons (Fsp3) is 0.364. The van der Waals surface area contributed by atoms with E-state index in [1.807, 2.05) is 58.0 Å². The van der Waals surface area contributed by atoms with Crippen LogP contribution in [0.15, 0.2) is 87.6 Å². The Morgan fingerprint density at radius 2 is 1.70 bits per heavy atom. The highest BCUT2D eigenvalue weighted by atomic mass is 32.2. The van der Waals surface area contributed by atoms with Crippen molar-refractivity contribution in [1.82, 2.24) is 29.1 Å². The molecule has 5 aromatic rings.